The molecule has 31 heavy (non-hydrogen) atoms. The van der Waals surface area contributed by atoms with Gasteiger partial charge < -0.3 is 25.5 Å². The number of carbonyl (C=O) groups excluding carboxylic acids is 2. The molecule has 8 heteroatoms. The van der Waals surface area contributed by atoms with Crippen LogP contribution in [0.5, 0.6) is 0 Å². The Bertz CT molecular complexity index is 1090. The van der Waals surface area contributed by atoms with Crippen molar-refractivity contribution < 1.29 is 19.4 Å². The highest BCUT2D eigenvalue weighted by Crippen LogP contribution is 2.24. The topological polar surface area (TPSA) is 107 Å². The molecule has 1 unspecified atom stereocenters. The van der Waals surface area contributed by atoms with Crippen LogP contribution >= 0.6 is 0 Å². The number of aromatic amines is 1. The largest absolute Gasteiger partial charge is 0.465 e. The minimum atomic E-state index is -0.687. The second kappa shape index (κ2) is 9.20. The van der Waals surface area contributed by atoms with Crippen LogP contribution in [-0.4, -0.2) is 59.8 Å². The summed E-state index contributed by atoms with van der Waals surface area (Å²) >= 11 is 0. The van der Waals surface area contributed by atoms with Gasteiger partial charge in [-0.05, 0) is 35.7 Å². The van der Waals surface area contributed by atoms with Crippen LogP contribution in [0.3, 0.4) is 0 Å². The zero-order valence-corrected chi connectivity index (χ0v) is 17.4. The number of aromatic nitrogens is 1. The number of benzene rings is 2. The normalized spacial score (nSPS) is 14.6. The molecular weight excluding hydrogens is 396 g/mol. The summed E-state index contributed by atoms with van der Waals surface area (Å²) in [4.78, 5) is 29.6. The van der Waals surface area contributed by atoms with Crippen molar-refractivity contribution in [2.24, 2.45) is 0 Å². The first-order valence-corrected chi connectivity index (χ1v) is 10.2. The molecule has 0 saturated carbocycles. The SMILES string of the molecule is COC(=O)c1cc(NC(=O)NCC(O)CN2CCc3ccccc3C2)cc2[nH]ccc12. The number of β-amino-alcohol motifs (C(OH)–C–C–N with tert-alkyl or cyclic N) is 1. The van der Waals surface area contributed by atoms with Gasteiger partial charge in [-0.1, -0.05) is 24.3 Å². The van der Waals surface area contributed by atoms with E-state index in [1.165, 1.54) is 18.2 Å². The van der Waals surface area contributed by atoms with E-state index >= 15 is 0 Å². The molecule has 1 aliphatic heterocycles. The van der Waals surface area contributed by atoms with Gasteiger partial charge in [-0.15, -0.1) is 0 Å². The predicted octanol–water partition coefficient (Wildman–Crippen LogP) is 2.50. The number of urea groups is 1. The third kappa shape index (κ3) is 4.87. The summed E-state index contributed by atoms with van der Waals surface area (Å²) in [6.07, 6.45) is 1.99. The van der Waals surface area contributed by atoms with Crippen LogP contribution in [0.1, 0.15) is 21.5 Å². The zero-order valence-electron chi connectivity index (χ0n) is 17.4. The van der Waals surface area contributed by atoms with Crippen molar-refractivity contribution in [3.05, 3.63) is 65.4 Å². The van der Waals surface area contributed by atoms with Crippen LogP contribution in [0.2, 0.25) is 0 Å². The quantitative estimate of drug-likeness (QED) is 0.457. The van der Waals surface area contributed by atoms with Gasteiger partial charge in [-0.2, -0.15) is 0 Å². The van der Waals surface area contributed by atoms with Crippen LogP contribution < -0.4 is 10.6 Å². The fourth-order valence-corrected chi connectivity index (χ4v) is 3.98. The zero-order chi connectivity index (χ0) is 21.8. The Labute approximate surface area is 180 Å². The Morgan fingerprint density at radius 1 is 1.23 bits per heavy atom. The summed E-state index contributed by atoms with van der Waals surface area (Å²) in [5, 5.41) is 16.5. The number of aliphatic hydroxyl groups excluding tert-OH is 1. The number of H-pyrrole nitrogens is 1. The lowest BCUT2D eigenvalue weighted by Crippen LogP contribution is -2.42. The summed E-state index contributed by atoms with van der Waals surface area (Å²) < 4.78 is 4.83. The van der Waals surface area contributed by atoms with E-state index in [0.717, 1.165) is 24.9 Å². The molecule has 4 N–H and O–H groups in total. The highest BCUT2D eigenvalue weighted by Gasteiger charge is 2.19. The summed E-state index contributed by atoms with van der Waals surface area (Å²) in [5.74, 6) is -0.479. The van der Waals surface area contributed by atoms with Gasteiger partial charge in [0.05, 0.1) is 18.8 Å². The van der Waals surface area contributed by atoms with Crippen molar-refractivity contribution in [3.8, 4) is 0 Å². The van der Waals surface area contributed by atoms with Gasteiger partial charge in [-0.3, -0.25) is 4.90 Å². The van der Waals surface area contributed by atoms with Crippen LogP contribution in [-0.2, 0) is 17.7 Å². The van der Waals surface area contributed by atoms with Gasteiger partial charge in [0.2, 0.25) is 0 Å². The second-order valence-corrected chi connectivity index (χ2v) is 7.70. The van der Waals surface area contributed by atoms with E-state index in [-0.39, 0.29) is 6.54 Å². The molecule has 2 amide bonds. The third-order valence-electron chi connectivity index (χ3n) is 5.51. The summed E-state index contributed by atoms with van der Waals surface area (Å²) in [6, 6.07) is 13.0. The average Bonchev–Trinajstić information content (AvgIpc) is 3.25. The smallest absolute Gasteiger partial charge is 0.338 e. The summed E-state index contributed by atoms with van der Waals surface area (Å²) in [6.45, 7) is 2.28. The predicted molar refractivity (Wildman–Crippen MR) is 118 cm³/mol. The molecule has 3 aromatic rings. The van der Waals surface area contributed by atoms with Crippen molar-refractivity contribution in [2.75, 3.05) is 32.1 Å². The van der Waals surface area contributed by atoms with Crippen LogP contribution in [0.4, 0.5) is 10.5 Å². The number of aliphatic hydroxyl groups is 1. The third-order valence-corrected chi connectivity index (χ3v) is 5.51. The summed E-state index contributed by atoms with van der Waals surface area (Å²) in [7, 11) is 1.32. The number of ether oxygens (including phenoxy) is 1. The fourth-order valence-electron chi connectivity index (χ4n) is 3.98. The Morgan fingerprint density at radius 3 is 2.84 bits per heavy atom. The van der Waals surface area contributed by atoms with Gasteiger partial charge in [0.15, 0.2) is 0 Å². The molecule has 2 heterocycles. The number of fused-ring (bicyclic) bond motifs is 2. The van der Waals surface area contributed by atoms with Crippen molar-refractivity contribution in [1.29, 1.82) is 0 Å². The molecular formula is C23H26N4O4. The lowest BCUT2D eigenvalue weighted by Gasteiger charge is -2.30. The van der Waals surface area contributed by atoms with E-state index in [2.05, 4.69) is 32.7 Å². The Kier molecular flexibility index (Phi) is 6.20. The molecule has 1 aromatic heterocycles. The number of carbonyl (C=O) groups is 2. The lowest BCUT2D eigenvalue weighted by atomic mass is 10.00. The Morgan fingerprint density at radius 2 is 2.03 bits per heavy atom. The number of hydrogen-bond acceptors (Lipinski definition) is 5. The first kappa shape index (κ1) is 20.9. The molecule has 8 nitrogen and oxygen atoms in total. The van der Waals surface area contributed by atoms with Gasteiger partial charge in [0.1, 0.15) is 0 Å². The maximum atomic E-state index is 12.3. The van der Waals surface area contributed by atoms with Gasteiger partial charge in [-0.25, -0.2) is 9.59 Å². The molecule has 0 fully saturated rings. The highest BCUT2D eigenvalue weighted by atomic mass is 16.5. The highest BCUT2D eigenvalue weighted by molar-refractivity contribution is 6.06. The minimum absolute atomic E-state index is 0.124. The monoisotopic (exact) mass is 422 g/mol. The number of amides is 2. The van der Waals surface area contributed by atoms with Crippen molar-refractivity contribution in [3.63, 3.8) is 0 Å². The van der Waals surface area contributed by atoms with Crippen LogP contribution in [0.25, 0.3) is 10.9 Å². The van der Waals surface area contributed by atoms with E-state index in [9.17, 15) is 14.7 Å². The van der Waals surface area contributed by atoms with Crippen LogP contribution in [0.15, 0.2) is 48.7 Å². The number of esters is 1. The maximum Gasteiger partial charge on any atom is 0.338 e. The number of nitrogens with one attached hydrogen (secondary N) is 3. The molecule has 0 spiro atoms. The second-order valence-electron chi connectivity index (χ2n) is 7.70. The molecule has 0 saturated heterocycles. The minimum Gasteiger partial charge on any atom is -0.465 e. The molecule has 0 bridgehead atoms. The molecule has 4 rings (SSSR count). The van der Waals surface area contributed by atoms with Crippen molar-refractivity contribution in [1.82, 2.24) is 15.2 Å². The van der Waals surface area contributed by atoms with E-state index in [0.29, 0.717) is 23.3 Å². The van der Waals surface area contributed by atoms with Crippen molar-refractivity contribution >= 4 is 28.6 Å². The number of rotatable bonds is 6. The molecule has 0 radical (unpaired) electrons. The van der Waals surface area contributed by atoms with Crippen molar-refractivity contribution in [2.45, 2.75) is 19.1 Å². The molecule has 0 aliphatic carbocycles. The number of anilines is 1. The number of hydrogen-bond donors (Lipinski definition) is 4. The Hall–Kier alpha value is -3.36. The maximum absolute atomic E-state index is 12.3. The van der Waals surface area contributed by atoms with Crippen LogP contribution in [0, 0.1) is 0 Å². The first-order chi connectivity index (χ1) is 15.0. The number of nitrogens with zero attached hydrogens (tertiary/aromatic N) is 1. The lowest BCUT2D eigenvalue weighted by molar-refractivity contribution is 0.0603. The first-order valence-electron chi connectivity index (χ1n) is 10.2. The number of methoxy groups -OCH3 is 1. The van der Waals surface area contributed by atoms with Gasteiger partial charge in [0, 0.05) is 49.0 Å². The van der Waals surface area contributed by atoms with E-state index in [4.69, 9.17) is 4.74 Å². The molecule has 1 atom stereocenters. The van der Waals surface area contributed by atoms with Gasteiger partial charge in [0.25, 0.3) is 0 Å². The Balaban J connectivity index is 1.31. The van der Waals surface area contributed by atoms with E-state index in [1.807, 2.05) is 12.1 Å². The molecule has 1 aliphatic rings. The standard InChI is InChI=1S/C23H26N4O4/c1-31-22(29)20-10-17(11-21-19(20)6-8-24-21)26-23(30)25-12-18(28)14-27-9-7-15-4-2-3-5-16(15)13-27/h2-6,8,10-11,18,24,28H,7,9,12-14H2,1H3,(H2,25,26,30). The van der Waals surface area contributed by atoms with E-state index in [1.54, 1.807) is 24.4 Å². The van der Waals surface area contributed by atoms with Gasteiger partial charge >= 0.3 is 12.0 Å². The fraction of sp³-hybridized carbons (Fsp3) is 0.304. The average molecular weight is 422 g/mol. The summed E-state index contributed by atoms with van der Waals surface area (Å²) in [5.41, 5.74) is 4.17. The molecule has 162 valence electrons. The van der Waals surface area contributed by atoms with E-state index < -0.39 is 18.1 Å². The molecule has 2 aromatic carbocycles.